The highest BCUT2D eigenvalue weighted by atomic mass is 16.1. The van der Waals surface area contributed by atoms with Gasteiger partial charge in [0.05, 0.1) is 0 Å². The molecule has 60 valence electrons. The molecule has 0 aliphatic heterocycles. The summed E-state index contributed by atoms with van der Waals surface area (Å²) in [7, 11) is 0. The van der Waals surface area contributed by atoms with Gasteiger partial charge < -0.3 is 0 Å². The molecule has 0 aromatic heterocycles. The third-order valence-electron chi connectivity index (χ3n) is 3.40. The molecular weight excluding hydrogens is 136 g/mol. The van der Waals surface area contributed by atoms with Crippen LogP contribution in [0, 0.1) is 11.3 Å². The second-order valence-corrected chi connectivity index (χ2v) is 4.01. The maximum Gasteiger partial charge on any atom is 0.161 e. The molecule has 11 heavy (non-hydrogen) atoms. The second kappa shape index (κ2) is 2.20. The molecule has 0 radical (unpaired) electrons. The van der Waals surface area contributed by atoms with Gasteiger partial charge in [-0.25, -0.2) is 0 Å². The lowest BCUT2D eigenvalue weighted by Gasteiger charge is -2.30. The van der Waals surface area contributed by atoms with Crippen molar-refractivity contribution >= 4 is 5.78 Å². The van der Waals surface area contributed by atoms with Gasteiger partial charge in [-0.15, -0.1) is 0 Å². The lowest BCUT2D eigenvalue weighted by Crippen LogP contribution is -2.32. The van der Waals surface area contributed by atoms with Gasteiger partial charge >= 0.3 is 0 Å². The summed E-state index contributed by atoms with van der Waals surface area (Å²) >= 11 is 0. The summed E-state index contributed by atoms with van der Waals surface area (Å²) in [6, 6.07) is 0. The topological polar surface area (TPSA) is 17.1 Å². The first-order valence-corrected chi connectivity index (χ1v) is 4.44. The fourth-order valence-electron chi connectivity index (χ4n) is 2.47. The highest BCUT2D eigenvalue weighted by Crippen LogP contribution is 2.47. The van der Waals surface area contributed by atoms with Gasteiger partial charge in [-0.2, -0.15) is 0 Å². The quantitative estimate of drug-likeness (QED) is 0.518. The summed E-state index contributed by atoms with van der Waals surface area (Å²) in [6.45, 7) is 2.14. The van der Waals surface area contributed by atoms with Crippen LogP contribution in [0.4, 0.5) is 0 Å². The number of carbonyl (C=O) groups is 1. The Bertz CT molecular complexity index is 217. The summed E-state index contributed by atoms with van der Waals surface area (Å²) in [5.74, 6) is 1.02. The lowest BCUT2D eigenvalue weighted by atomic mass is 9.72. The number of ketones is 1. The minimum atomic E-state index is 0.0226. The van der Waals surface area contributed by atoms with Crippen molar-refractivity contribution in [1.82, 2.24) is 0 Å². The lowest BCUT2D eigenvalue weighted by molar-refractivity contribution is -0.125. The van der Waals surface area contributed by atoms with Gasteiger partial charge in [0.2, 0.25) is 0 Å². The van der Waals surface area contributed by atoms with E-state index in [1.807, 2.05) is 6.08 Å². The Morgan fingerprint density at radius 3 is 3.18 bits per heavy atom. The third-order valence-corrected chi connectivity index (χ3v) is 3.40. The van der Waals surface area contributed by atoms with Crippen LogP contribution in [0.5, 0.6) is 0 Å². The van der Waals surface area contributed by atoms with Gasteiger partial charge in [0, 0.05) is 5.41 Å². The fourth-order valence-corrected chi connectivity index (χ4v) is 2.47. The van der Waals surface area contributed by atoms with Gasteiger partial charge in [0.25, 0.3) is 0 Å². The van der Waals surface area contributed by atoms with Gasteiger partial charge in [-0.05, 0) is 31.3 Å². The summed E-state index contributed by atoms with van der Waals surface area (Å²) in [5.41, 5.74) is 0.0226. The zero-order valence-corrected chi connectivity index (χ0v) is 6.97. The molecular formula is C10H14O. The monoisotopic (exact) mass is 150 g/mol. The molecule has 2 rings (SSSR count). The smallest absolute Gasteiger partial charge is 0.161 e. The fraction of sp³-hybridized carbons (Fsp3) is 0.700. The number of rotatable bonds is 0. The second-order valence-electron chi connectivity index (χ2n) is 4.01. The summed E-state index contributed by atoms with van der Waals surface area (Å²) in [5, 5.41) is 0. The number of allylic oxidation sites excluding steroid dienone is 2. The molecule has 0 saturated heterocycles. The minimum absolute atomic E-state index is 0.0226. The van der Waals surface area contributed by atoms with E-state index < -0.39 is 0 Å². The number of fused-ring (bicyclic) bond motifs is 1. The van der Waals surface area contributed by atoms with E-state index in [4.69, 9.17) is 0 Å². The Balaban J connectivity index is 2.34. The van der Waals surface area contributed by atoms with Crippen LogP contribution in [0.15, 0.2) is 12.2 Å². The summed E-state index contributed by atoms with van der Waals surface area (Å²) in [4.78, 5) is 11.5. The van der Waals surface area contributed by atoms with Crippen LogP contribution in [0.3, 0.4) is 0 Å². The average molecular weight is 150 g/mol. The van der Waals surface area contributed by atoms with E-state index in [2.05, 4.69) is 6.92 Å². The van der Waals surface area contributed by atoms with Crippen molar-refractivity contribution in [3.05, 3.63) is 12.2 Å². The molecule has 0 aromatic carbocycles. The molecule has 0 N–H and O–H groups in total. The highest BCUT2D eigenvalue weighted by molar-refractivity contribution is 5.95. The Hall–Kier alpha value is -0.590. The zero-order chi connectivity index (χ0) is 7.90. The van der Waals surface area contributed by atoms with Gasteiger partial charge in [-0.1, -0.05) is 19.4 Å². The number of hydrogen-bond acceptors (Lipinski definition) is 1. The van der Waals surface area contributed by atoms with Gasteiger partial charge in [-0.3, -0.25) is 4.79 Å². The Morgan fingerprint density at radius 1 is 1.64 bits per heavy atom. The molecule has 1 heteroatoms. The molecule has 0 amide bonds. The first kappa shape index (κ1) is 7.08. The van der Waals surface area contributed by atoms with Crippen molar-refractivity contribution in [1.29, 1.82) is 0 Å². The third kappa shape index (κ3) is 0.867. The normalized spacial score (nSPS) is 42.6. The molecule has 0 heterocycles. The molecule has 2 atom stereocenters. The van der Waals surface area contributed by atoms with E-state index in [-0.39, 0.29) is 5.41 Å². The van der Waals surface area contributed by atoms with E-state index in [1.165, 1.54) is 12.8 Å². The molecule has 1 saturated carbocycles. The molecule has 2 unspecified atom stereocenters. The first-order chi connectivity index (χ1) is 5.23. The SMILES string of the molecule is CC12CCCC1CC=CC2=O. The van der Waals surface area contributed by atoms with E-state index in [9.17, 15) is 4.79 Å². The molecule has 0 bridgehead atoms. The Labute approximate surface area is 67.5 Å². The standard InChI is InChI=1S/C10H14O/c1-10-7-3-5-8(10)4-2-6-9(10)11/h2,6,8H,3-5,7H2,1H3. The van der Waals surface area contributed by atoms with Crippen LogP contribution in [-0.4, -0.2) is 5.78 Å². The van der Waals surface area contributed by atoms with Crippen molar-refractivity contribution in [2.45, 2.75) is 32.6 Å². The number of hydrogen-bond donors (Lipinski definition) is 0. The maximum atomic E-state index is 11.5. The van der Waals surface area contributed by atoms with Gasteiger partial charge in [0.1, 0.15) is 0 Å². The summed E-state index contributed by atoms with van der Waals surface area (Å²) < 4.78 is 0. The van der Waals surface area contributed by atoms with Crippen LogP contribution >= 0.6 is 0 Å². The molecule has 2 aliphatic carbocycles. The predicted octanol–water partition coefficient (Wildman–Crippen LogP) is 2.32. The predicted molar refractivity (Wildman–Crippen MR) is 44.2 cm³/mol. The van der Waals surface area contributed by atoms with Crippen molar-refractivity contribution in [2.75, 3.05) is 0 Å². The van der Waals surface area contributed by atoms with Crippen LogP contribution in [-0.2, 0) is 4.79 Å². The van der Waals surface area contributed by atoms with E-state index >= 15 is 0 Å². The Kier molecular flexibility index (Phi) is 1.41. The van der Waals surface area contributed by atoms with Crippen LogP contribution in [0.25, 0.3) is 0 Å². The maximum absolute atomic E-state index is 11.5. The molecule has 2 aliphatic rings. The average Bonchev–Trinajstić information content (AvgIpc) is 2.34. The van der Waals surface area contributed by atoms with E-state index in [0.717, 1.165) is 12.8 Å². The molecule has 1 nitrogen and oxygen atoms in total. The zero-order valence-electron chi connectivity index (χ0n) is 6.97. The molecule has 0 aromatic rings. The van der Waals surface area contributed by atoms with E-state index in [0.29, 0.717) is 11.7 Å². The van der Waals surface area contributed by atoms with Crippen LogP contribution in [0.1, 0.15) is 32.6 Å². The van der Waals surface area contributed by atoms with Gasteiger partial charge in [0.15, 0.2) is 5.78 Å². The largest absolute Gasteiger partial charge is 0.294 e. The Morgan fingerprint density at radius 2 is 2.45 bits per heavy atom. The van der Waals surface area contributed by atoms with Crippen molar-refractivity contribution in [3.63, 3.8) is 0 Å². The summed E-state index contributed by atoms with van der Waals surface area (Å²) in [6.07, 6.45) is 8.56. The van der Waals surface area contributed by atoms with E-state index in [1.54, 1.807) is 6.08 Å². The van der Waals surface area contributed by atoms with Crippen molar-refractivity contribution < 1.29 is 4.79 Å². The highest BCUT2D eigenvalue weighted by Gasteiger charge is 2.44. The first-order valence-electron chi connectivity index (χ1n) is 4.44. The number of carbonyl (C=O) groups excluding carboxylic acids is 1. The van der Waals surface area contributed by atoms with Crippen LogP contribution < -0.4 is 0 Å². The molecule has 0 spiro atoms. The molecule has 1 fully saturated rings. The van der Waals surface area contributed by atoms with Crippen LogP contribution in [0.2, 0.25) is 0 Å². The van der Waals surface area contributed by atoms with Crippen molar-refractivity contribution in [2.24, 2.45) is 11.3 Å². The van der Waals surface area contributed by atoms with Crippen molar-refractivity contribution in [3.8, 4) is 0 Å². The minimum Gasteiger partial charge on any atom is -0.294 e.